The number of carbonyl (C=O) groups is 5. The van der Waals surface area contributed by atoms with Gasteiger partial charge in [0.25, 0.3) is 5.91 Å². The maximum atomic E-state index is 14.5. The smallest absolute Gasteiger partial charge is 0.324 e. The number of fused-ring (bicyclic) bond motifs is 6. The van der Waals surface area contributed by atoms with E-state index in [9.17, 15) is 29.1 Å². The summed E-state index contributed by atoms with van der Waals surface area (Å²) in [6, 6.07) is 7.00. The van der Waals surface area contributed by atoms with Crippen LogP contribution >= 0.6 is 65.3 Å². The SMILES string of the molecule is CCn1c(-c2cccnc2[C@H](C)OC)c2c3cc(ccc31)-c1csc(n1)C[C@H](NC(=O)[C@H](C(C)C)N(C)C(=O)N1CC(C(=O)O)C1)C(=O)N1CCC[C@H](N1)C(=O)OCC(C)(C)C2.S.S.S.S. The summed E-state index contributed by atoms with van der Waals surface area (Å²) in [4.78, 5) is 79.9. The molecule has 66 heavy (non-hydrogen) atoms. The summed E-state index contributed by atoms with van der Waals surface area (Å²) in [7, 11) is 3.19. The molecular formula is C45H66N8O8S5. The molecule has 0 aliphatic carbocycles. The quantitative estimate of drug-likeness (QED) is 0.174. The first kappa shape index (κ1) is 56.3. The van der Waals surface area contributed by atoms with E-state index in [2.05, 4.69) is 54.3 Å². The van der Waals surface area contributed by atoms with Crippen molar-refractivity contribution in [3.05, 3.63) is 58.2 Å². The highest BCUT2D eigenvalue weighted by Gasteiger charge is 2.42. The van der Waals surface area contributed by atoms with Crippen LogP contribution in [0.5, 0.6) is 0 Å². The molecule has 3 aliphatic heterocycles. The number of likely N-dealkylation sites (tertiary alicyclic amines) is 1. The van der Waals surface area contributed by atoms with Gasteiger partial charge in [-0.25, -0.2) is 15.2 Å². The van der Waals surface area contributed by atoms with Gasteiger partial charge < -0.3 is 34.3 Å². The Bertz CT molecular complexity index is 2370. The van der Waals surface area contributed by atoms with Crippen molar-refractivity contribution in [2.75, 3.05) is 40.4 Å². The highest BCUT2D eigenvalue weighted by atomic mass is 32.1. The zero-order chi connectivity index (χ0) is 44.6. The summed E-state index contributed by atoms with van der Waals surface area (Å²) >= 11 is 1.38. The van der Waals surface area contributed by atoms with Crippen LogP contribution < -0.4 is 10.7 Å². The number of aryl methyl sites for hydroxylation is 1. The first-order valence-electron chi connectivity index (χ1n) is 21.4. The minimum absolute atomic E-state index is 0. The van der Waals surface area contributed by atoms with Crippen LogP contribution in [-0.4, -0.2) is 123 Å². The number of carbonyl (C=O) groups excluding carboxylic acids is 4. The molecule has 2 fully saturated rings. The van der Waals surface area contributed by atoms with Crippen molar-refractivity contribution in [2.24, 2.45) is 17.3 Å². The number of benzene rings is 1. The topological polar surface area (TPSA) is 189 Å². The molecule has 0 unspecified atom stereocenters. The zero-order valence-electron chi connectivity index (χ0n) is 38.8. The van der Waals surface area contributed by atoms with E-state index in [0.29, 0.717) is 37.4 Å². The zero-order valence-corrected chi connectivity index (χ0v) is 43.6. The molecule has 2 saturated heterocycles. The molecule has 6 bridgehead atoms. The Morgan fingerprint density at radius 1 is 1.11 bits per heavy atom. The first-order chi connectivity index (χ1) is 29.5. The van der Waals surface area contributed by atoms with Gasteiger partial charge in [-0.2, -0.15) is 54.0 Å². The Morgan fingerprint density at radius 3 is 2.47 bits per heavy atom. The van der Waals surface area contributed by atoms with E-state index in [-0.39, 0.29) is 92.1 Å². The lowest BCUT2D eigenvalue weighted by atomic mass is 9.84. The summed E-state index contributed by atoms with van der Waals surface area (Å²) in [6.45, 7) is 13.1. The van der Waals surface area contributed by atoms with Gasteiger partial charge in [-0.15, -0.1) is 11.3 Å². The lowest BCUT2D eigenvalue weighted by Crippen LogP contribution is -2.63. The number of nitrogens with one attached hydrogen (secondary N) is 2. The van der Waals surface area contributed by atoms with Gasteiger partial charge in [0.2, 0.25) is 5.91 Å². The predicted octanol–water partition coefficient (Wildman–Crippen LogP) is 5.75. The number of methoxy groups -OCH3 is 1. The largest absolute Gasteiger partial charge is 0.481 e. The number of ether oxygens (including phenoxy) is 2. The van der Waals surface area contributed by atoms with Crippen LogP contribution in [0.3, 0.4) is 0 Å². The fourth-order valence-corrected chi connectivity index (χ4v) is 9.73. The Labute approximate surface area is 418 Å². The molecule has 0 radical (unpaired) electrons. The highest BCUT2D eigenvalue weighted by molar-refractivity contribution is 7.59. The van der Waals surface area contributed by atoms with Gasteiger partial charge in [0.1, 0.15) is 18.1 Å². The number of nitrogens with zero attached hydrogens (tertiary/aromatic N) is 6. The Morgan fingerprint density at radius 2 is 1.82 bits per heavy atom. The van der Waals surface area contributed by atoms with Crippen molar-refractivity contribution in [3.8, 4) is 22.5 Å². The number of aromatic nitrogens is 3. The van der Waals surface area contributed by atoms with E-state index >= 15 is 0 Å². The number of rotatable bonds is 9. The van der Waals surface area contributed by atoms with E-state index in [1.54, 1.807) is 13.3 Å². The molecule has 3 aliphatic rings. The van der Waals surface area contributed by atoms with Crippen molar-refractivity contribution in [1.82, 2.24) is 40.1 Å². The fourth-order valence-electron chi connectivity index (χ4n) is 8.88. The molecule has 4 aromatic rings. The lowest BCUT2D eigenvalue weighted by molar-refractivity contribution is -0.155. The van der Waals surface area contributed by atoms with Crippen LogP contribution in [0.1, 0.15) is 76.8 Å². The van der Waals surface area contributed by atoms with Crippen LogP contribution in [0.25, 0.3) is 33.4 Å². The van der Waals surface area contributed by atoms with Crippen LogP contribution in [0.2, 0.25) is 0 Å². The number of amides is 4. The average Bonchev–Trinajstić information content (AvgIpc) is 3.82. The number of pyridine rings is 1. The molecule has 16 nitrogen and oxygen atoms in total. The average molecular weight is 1010 g/mol. The number of carboxylic acids is 1. The molecular weight excluding hydrogens is 941 g/mol. The van der Waals surface area contributed by atoms with E-state index in [0.717, 1.165) is 44.7 Å². The van der Waals surface area contributed by atoms with Crippen molar-refractivity contribution < 1.29 is 38.6 Å². The summed E-state index contributed by atoms with van der Waals surface area (Å²) < 4.78 is 14.2. The van der Waals surface area contributed by atoms with Crippen LogP contribution in [0, 0.1) is 17.3 Å². The number of hydrazine groups is 1. The summed E-state index contributed by atoms with van der Waals surface area (Å²) in [5.74, 6) is -3.44. The third kappa shape index (κ3) is 11.6. The van der Waals surface area contributed by atoms with Gasteiger partial charge in [-0.3, -0.25) is 29.2 Å². The molecule has 1 aromatic carbocycles. The lowest BCUT2D eigenvalue weighted by Gasteiger charge is -2.41. The van der Waals surface area contributed by atoms with E-state index in [1.165, 1.54) is 33.2 Å². The minimum atomic E-state index is -1.11. The van der Waals surface area contributed by atoms with Gasteiger partial charge in [-0.05, 0) is 68.9 Å². The van der Waals surface area contributed by atoms with E-state index < -0.39 is 59.2 Å². The van der Waals surface area contributed by atoms with Crippen molar-refractivity contribution in [2.45, 2.75) is 98.0 Å². The van der Waals surface area contributed by atoms with Crippen molar-refractivity contribution in [3.63, 3.8) is 0 Å². The van der Waals surface area contributed by atoms with Gasteiger partial charge in [0, 0.05) is 85.8 Å². The van der Waals surface area contributed by atoms with Gasteiger partial charge >= 0.3 is 18.0 Å². The summed E-state index contributed by atoms with van der Waals surface area (Å²) in [6.07, 6.45) is 3.12. The summed E-state index contributed by atoms with van der Waals surface area (Å²) in [5.41, 5.74) is 9.15. The molecule has 0 spiro atoms. The van der Waals surface area contributed by atoms with E-state index in [1.807, 2.05) is 38.3 Å². The molecule has 21 heteroatoms. The monoisotopic (exact) mass is 1010 g/mol. The van der Waals surface area contributed by atoms with Gasteiger partial charge in [0.15, 0.2) is 0 Å². The molecule has 3 aromatic heterocycles. The minimum Gasteiger partial charge on any atom is -0.481 e. The molecule has 4 amide bonds. The Kier molecular flexibility index (Phi) is 19.9. The van der Waals surface area contributed by atoms with Crippen molar-refractivity contribution in [1.29, 1.82) is 0 Å². The first-order valence-corrected chi connectivity index (χ1v) is 22.3. The predicted molar refractivity (Wildman–Crippen MR) is 275 cm³/mol. The second-order valence-corrected chi connectivity index (χ2v) is 18.7. The number of cyclic esters (lactones) is 1. The van der Waals surface area contributed by atoms with Crippen molar-refractivity contribution >= 4 is 106 Å². The summed E-state index contributed by atoms with van der Waals surface area (Å²) in [5, 5.41) is 17.3. The fraction of sp³-hybridized carbons (Fsp3) is 0.533. The maximum absolute atomic E-state index is 14.5. The van der Waals surface area contributed by atoms with Crippen LogP contribution in [-0.2, 0) is 48.0 Å². The van der Waals surface area contributed by atoms with Crippen LogP contribution in [0.15, 0.2) is 41.9 Å². The third-order valence-electron chi connectivity index (χ3n) is 12.3. The molecule has 7 rings (SSSR count). The number of likely N-dealkylation sites (N-methyl/N-ethyl adjacent to an activating group) is 1. The number of urea groups is 1. The maximum Gasteiger partial charge on any atom is 0.324 e. The number of hydrogen-bond acceptors (Lipinski definition) is 11. The number of thiazole rings is 1. The molecule has 4 atom stereocenters. The number of esters is 1. The normalized spacial score (nSPS) is 19.3. The highest BCUT2D eigenvalue weighted by Crippen LogP contribution is 2.42. The third-order valence-corrected chi connectivity index (χ3v) is 13.1. The Balaban J connectivity index is 0.00000289. The van der Waals surface area contributed by atoms with Gasteiger partial charge in [-0.1, -0.05) is 33.8 Å². The molecule has 364 valence electrons. The number of carboxylic acid groups (broad SMARTS) is 1. The molecule has 0 saturated carbocycles. The van der Waals surface area contributed by atoms with Crippen LogP contribution in [0.4, 0.5) is 4.79 Å². The Hall–Kier alpha value is -3.99. The number of hydrogen-bond donors (Lipinski definition) is 3. The second kappa shape index (κ2) is 23.3. The number of aliphatic carboxylic acids is 1. The molecule has 6 heterocycles. The van der Waals surface area contributed by atoms with Gasteiger partial charge in [0.05, 0.1) is 40.7 Å². The van der Waals surface area contributed by atoms with E-state index in [4.69, 9.17) is 19.4 Å². The standard InChI is InChI=1S/C45H58N8O8S.4H2S/c1-9-52-35-15-14-27-18-30(35)31(39(52)29-12-10-16-46-37(29)26(4)60-8)20-45(5,6)24-61-43(58)32-13-11-17-53(49-32)41(55)33(19-36-47-34(27)23-62-36)48-40(54)38(25(2)3)50(7)44(59)51-21-28(22-51)42(56)57;;;;/h10,12,14-16,18,23,25-26,28,32-33,38,49H,9,11,13,17,19-22,24H2,1-8H3,(H,48,54)(H,56,57);4*1H2/t26-,32-,33-,38-;;;;/m0..../s1. The molecule has 3 N–H and O–H groups in total. The second-order valence-electron chi connectivity index (χ2n) is 17.8.